The van der Waals surface area contributed by atoms with Crippen molar-refractivity contribution in [2.75, 3.05) is 38.1 Å². The first-order valence-corrected chi connectivity index (χ1v) is 12.9. The summed E-state index contributed by atoms with van der Waals surface area (Å²) in [6, 6.07) is 8.50. The number of pyridine rings is 1. The van der Waals surface area contributed by atoms with Crippen molar-refractivity contribution < 1.29 is 9.59 Å². The minimum absolute atomic E-state index is 0.133. The van der Waals surface area contributed by atoms with E-state index in [0.717, 1.165) is 70.1 Å². The molecule has 1 atom stereocenters. The van der Waals surface area contributed by atoms with Gasteiger partial charge in [-0.05, 0) is 55.6 Å². The number of urea groups is 1. The molecule has 1 aromatic carbocycles. The molecule has 2 fully saturated rings. The molecule has 3 aliphatic rings. The first-order valence-electron chi connectivity index (χ1n) is 11.7. The summed E-state index contributed by atoms with van der Waals surface area (Å²) in [7, 11) is 1.65. The van der Waals surface area contributed by atoms with E-state index in [2.05, 4.69) is 33.4 Å². The Labute approximate surface area is 207 Å². The van der Waals surface area contributed by atoms with Gasteiger partial charge in [0.2, 0.25) is 0 Å². The Bertz CT molecular complexity index is 1300. The third-order valence-corrected chi connectivity index (χ3v) is 8.42. The van der Waals surface area contributed by atoms with E-state index in [1.807, 2.05) is 12.3 Å². The number of carbonyl (C=O) groups is 2. The van der Waals surface area contributed by atoms with Gasteiger partial charge in [0.25, 0.3) is 5.91 Å². The lowest BCUT2D eigenvalue weighted by molar-refractivity contribution is -0.125. The van der Waals surface area contributed by atoms with Crippen LogP contribution in [0, 0.1) is 0 Å². The molecule has 0 aliphatic carbocycles. The van der Waals surface area contributed by atoms with Gasteiger partial charge in [0, 0.05) is 59.1 Å². The summed E-state index contributed by atoms with van der Waals surface area (Å²) in [5.74, 6) is -0.164. The highest BCUT2D eigenvalue weighted by Crippen LogP contribution is 2.44. The summed E-state index contributed by atoms with van der Waals surface area (Å²) in [4.78, 5) is 35.6. The zero-order chi connectivity index (χ0) is 23.4. The number of aromatic nitrogens is 1. The highest BCUT2D eigenvalue weighted by molar-refractivity contribution is 7.19. The van der Waals surface area contributed by atoms with Gasteiger partial charge in [0.1, 0.15) is 6.54 Å². The first kappa shape index (κ1) is 21.8. The number of benzene rings is 1. The molecule has 0 radical (unpaired) electrons. The van der Waals surface area contributed by atoms with Gasteiger partial charge in [-0.3, -0.25) is 14.7 Å². The predicted octanol–water partition coefficient (Wildman–Crippen LogP) is 4.13. The standard InChI is InChI=1S/C25H26ClN5O2S/c1-29-14-22(32)31(25(29)33)13-18-11-21-24(34-18)19(5-7-28-21)20-10-16(26)9-15-3-2-8-30(23(15)20)17-4-6-27-12-17/h5,7,9-11,17,27H,2-4,6,8,12-14H2,1H3. The Hall–Kier alpha value is -2.68. The summed E-state index contributed by atoms with van der Waals surface area (Å²) in [5, 5.41) is 4.26. The number of amides is 3. The zero-order valence-electron chi connectivity index (χ0n) is 19.0. The molecule has 1 N–H and O–H groups in total. The minimum Gasteiger partial charge on any atom is -0.366 e. The first-order chi connectivity index (χ1) is 16.5. The summed E-state index contributed by atoms with van der Waals surface area (Å²) in [6.07, 6.45) is 5.13. The lowest BCUT2D eigenvalue weighted by Gasteiger charge is -2.38. The van der Waals surface area contributed by atoms with Crippen molar-refractivity contribution in [3.05, 3.63) is 45.9 Å². The zero-order valence-corrected chi connectivity index (χ0v) is 20.6. The maximum atomic E-state index is 12.4. The monoisotopic (exact) mass is 495 g/mol. The molecule has 1 unspecified atom stereocenters. The Morgan fingerprint density at radius 2 is 2.12 bits per heavy atom. The van der Waals surface area contributed by atoms with Crippen LogP contribution >= 0.6 is 22.9 Å². The van der Waals surface area contributed by atoms with Crippen molar-refractivity contribution in [3.8, 4) is 11.1 Å². The quantitative estimate of drug-likeness (QED) is 0.551. The highest BCUT2D eigenvalue weighted by atomic mass is 35.5. The van der Waals surface area contributed by atoms with Crippen molar-refractivity contribution in [1.82, 2.24) is 20.1 Å². The predicted molar refractivity (Wildman–Crippen MR) is 136 cm³/mol. The van der Waals surface area contributed by atoms with Crippen LogP contribution in [0.3, 0.4) is 0 Å². The Morgan fingerprint density at radius 1 is 1.24 bits per heavy atom. The fraction of sp³-hybridized carbons (Fsp3) is 0.400. The molecular formula is C25H26ClN5O2S. The number of carbonyl (C=O) groups excluding carboxylic acids is 2. The number of aryl methyl sites for hydroxylation is 1. The van der Waals surface area contributed by atoms with Crippen LogP contribution in [0.25, 0.3) is 21.3 Å². The number of hydrogen-bond donors (Lipinski definition) is 1. The third kappa shape index (κ3) is 3.65. The second kappa shape index (κ2) is 8.52. The summed E-state index contributed by atoms with van der Waals surface area (Å²) < 4.78 is 1.06. The van der Waals surface area contributed by atoms with E-state index in [4.69, 9.17) is 11.6 Å². The number of imide groups is 1. The SMILES string of the molecule is CN1CC(=O)N(Cc2cc3nccc(-c4cc(Cl)cc5c4N(C4CCNC4)CCC5)c3s2)C1=O. The fourth-order valence-electron chi connectivity index (χ4n) is 5.47. The summed E-state index contributed by atoms with van der Waals surface area (Å²) in [5.41, 5.74) is 5.72. The van der Waals surface area contributed by atoms with Crippen LogP contribution in [0.15, 0.2) is 30.5 Å². The second-order valence-electron chi connectivity index (χ2n) is 9.31. The van der Waals surface area contributed by atoms with Crippen LogP contribution in [0.5, 0.6) is 0 Å². The molecule has 176 valence electrons. The van der Waals surface area contributed by atoms with Crippen LogP contribution in [-0.4, -0.2) is 66.0 Å². The average Bonchev–Trinajstić information content (AvgIpc) is 3.55. The Balaban J connectivity index is 1.44. The molecule has 34 heavy (non-hydrogen) atoms. The molecule has 5 heterocycles. The van der Waals surface area contributed by atoms with Crippen molar-refractivity contribution in [2.45, 2.75) is 31.8 Å². The van der Waals surface area contributed by atoms with E-state index in [-0.39, 0.29) is 25.0 Å². The van der Waals surface area contributed by atoms with Crippen LogP contribution in [0.1, 0.15) is 23.3 Å². The van der Waals surface area contributed by atoms with Gasteiger partial charge in [0.15, 0.2) is 0 Å². The number of hydrogen-bond acceptors (Lipinski definition) is 6. The maximum absolute atomic E-state index is 12.4. The molecule has 3 aromatic rings. The molecular weight excluding hydrogens is 470 g/mol. The minimum atomic E-state index is -0.250. The molecule has 0 saturated carbocycles. The number of halogens is 1. The average molecular weight is 496 g/mol. The second-order valence-corrected chi connectivity index (χ2v) is 10.9. The normalized spacial score (nSPS) is 20.6. The lowest BCUT2D eigenvalue weighted by Crippen LogP contribution is -2.40. The molecule has 3 amide bonds. The van der Waals surface area contributed by atoms with Gasteiger partial charge in [-0.1, -0.05) is 11.6 Å². The van der Waals surface area contributed by atoms with Crippen LogP contribution in [0.4, 0.5) is 10.5 Å². The maximum Gasteiger partial charge on any atom is 0.327 e. The molecule has 0 spiro atoms. The topological polar surface area (TPSA) is 68.8 Å². The largest absolute Gasteiger partial charge is 0.366 e. The van der Waals surface area contributed by atoms with Crippen molar-refractivity contribution in [2.24, 2.45) is 0 Å². The molecule has 2 aromatic heterocycles. The van der Waals surface area contributed by atoms with E-state index in [0.29, 0.717) is 6.04 Å². The number of fused-ring (bicyclic) bond motifs is 2. The summed E-state index contributed by atoms with van der Waals surface area (Å²) in [6.45, 7) is 3.51. The third-order valence-electron chi connectivity index (χ3n) is 7.06. The van der Waals surface area contributed by atoms with Gasteiger partial charge in [0.05, 0.1) is 16.8 Å². The van der Waals surface area contributed by atoms with Crippen molar-refractivity contribution in [1.29, 1.82) is 0 Å². The molecule has 3 aliphatic heterocycles. The Kier molecular flexibility index (Phi) is 5.47. The number of thiophene rings is 1. The van der Waals surface area contributed by atoms with E-state index < -0.39 is 0 Å². The van der Waals surface area contributed by atoms with Crippen LogP contribution in [0.2, 0.25) is 5.02 Å². The number of likely N-dealkylation sites (N-methyl/N-ethyl adjacent to an activating group) is 1. The molecule has 9 heteroatoms. The van der Waals surface area contributed by atoms with E-state index in [1.165, 1.54) is 21.1 Å². The fourth-order valence-corrected chi connectivity index (χ4v) is 6.84. The van der Waals surface area contributed by atoms with Crippen LogP contribution in [-0.2, 0) is 17.8 Å². The smallest absolute Gasteiger partial charge is 0.327 e. The van der Waals surface area contributed by atoms with Crippen molar-refractivity contribution in [3.63, 3.8) is 0 Å². The van der Waals surface area contributed by atoms with E-state index in [1.54, 1.807) is 18.4 Å². The number of nitrogens with one attached hydrogen (secondary N) is 1. The molecule has 6 rings (SSSR count). The van der Waals surface area contributed by atoms with Gasteiger partial charge in [-0.2, -0.15) is 0 Å². The van der Waals surface area contributed by atoms with E-state index in [9.17, 15) is 9.59 Å². The molecule has 0 bridgehead atoms. The highest BCUT2D eigenvalue weighted by Gasteiger charge is 2.34. The molecule has 7 nitrogen and oxygen atoms in total. The van der Waals surface area contributed by atoms with Crippen LogP contribution < -0.4 is 10.2 Å². The van der Waals surface area contributed by atoms with Gasteiger partial charge in [-0.15, -0.1) is 11.3 Å². The number of nitrogens with zero attached hydrogens (tertiary/aromatic N) is 4. The molecule has 2 saturated heterocycles. The number of anilines is 1. The van der Waals surface area contributed by atoms with Gasteiger partial charge in [-0.25, -0.2) is 4.79 Å². The summed E-state index contributed by atoms with van der Waals surface area (Å²) >= 11 is 8.23. The number of rotatable bonds is 4. The van der Waals surface area contributed by atoms with E-state index >= 15 is 0 Å². The van der Waals surface area contributed by atoms with Gasteiger partial charge < -0.3 is 15.1 Å². The van der Waals surface area contributed by atoms with Crippen molar-refractivity contribution >= 4 is 50.8 Å². The Morgan fingerprint density at radius 3 is 2.88 bits per heavy atom. The lowest BCUT2D eigenvalue weighted by atomic mass is 9.92. The van der Waals surface area contributed by atoms with Gasteiger partial charge >= 0.3 is 6.03 Å².